The van der Waals surface area contributed by atoms with Gasteiger partial charge in [0, 0.05) is 12.4 Å². The molecule has 2 rings (SSSR count). The number of hydrogen-bond donors (Lipinski definition) is 2. The third kappa shape index (κ3) is 8.24. The fourth-order valence-electron chi connectivity index (χ4n) is 1.98. The van der Waals surface area contributed by atoms with E-state index in [-0.39, 0.29) is 54.4 Å². The van der Waals surface area contributed by atoms with Crippen molar-refractivity contribution in [3.05, 3.63) is 45.9 Å². The Bertz CT molecular complexity index is 792. The first-order chi connectivity index (χ1) is 13.1. The molecule has 0 spiro atoms. The second kappa shape index (κ2) is 10.8. The topological polar surface area (TPSA) is 58.5 Å². The average Bonchev–Trinajstić information content (AvgIpc) is 3.10. The van der Waals surface area contributed by atoms with Crippen LogP contribution in [0.2, 0.25) is 0 Å². The Labute approximate surface area is 183 Å². The number of aromatic nitrogens is 1. The maximum Gasteiger partial charge on any atom is 0.434 e. The van der Waals surface area contributed by atoms with E-state index in [4.69, 9.17) is 4.74 Å². The number of ether oxygens (including phenoxy) is 1. The Morgan fingerprint density at radius 3 is 2.24 bits per heavy atom. The lowest BCUT2D eigenvalue weighted by molar-refractivity contribution is -0.141. The van der Waals surface area contributed by atoms with Crippen LogP contribution in [0.3, 0.4) is 0 Å². The largest absolute Gasteiger partial charge is 0.492 e. The molecular weight excluding hydrogens is 537 g/mol. The van der Waals surface area contributed by atoms with Crippen LogP contribution in [0.1, 0.15) is 16.3 Å². The molecule has 0 aliphatic heterocycles. The molecule has 0 bridgehead atoms. The first kappa shape index (κ1) is 25.3. The van der Waals surface area contributed by atoms with Crippen molar-refractivity contribution < 1.29 is 31.1 Å². The van der Waals surface area contributed by atoms with Crippen molar-refractivity contribution in [3.63, 3.8) is 0 Å². The highest BCUT2D eigenvalue weighted by atomic mass is 127. The second-order valence-electron chi connectivity index (χ2n) is 5.35. The van der Waals surface area contributed by atoms with Crippen LogP contribution < -0.4 is 15.4 Å². The Morgan fingerprint density at radius 2 is 1.72 bits per heavy atom. The summed E-state index contributed by atoms with van der Waals surface area (Å²) in [4.78, 5) is 7.40. The summed E-state index contributed by atoms with van der Waals surface area (Å²) >= 11 is 0.876. The van der Waals surface area contributed by atoms with Gasteiger partial charge < -0.3 is 15.4 Å². The van der Waals surface area contributed by atoms with E-state index < -0.39 is 23.6 Å². The van der Waals surface area contributed by atoms with E-state index in [9.17, 15) is 26.3 Å². The molecule has 0 fully saturated rings. The lowest BCUT2D eigenvalue weighted by atomic mass is 10.2. The van der Waals surface area contributed by atoms with Gasteiger partial charge in [0.15, 0.2) is 11.7 Å². The maximum absolute atomic E-state index is 12.5. The van der Waals surface area contributed by atoms with Crippen LogP contribution in [-0.2, 0) is 18.9 Å². The minimum absolute atomic E-state index is 0. The quantitative estimate of drug-likeness (QED) is 0.181. The van der Waals surface area contributed by atoms with E-state index in [1.165, 1.54) is 19.2 Å². The second-order valence-corrected chi connectivity index (χ2v) is 6.29. The summed E-state index contributed by atoms with van der Waals surface area (Å²) < 4.78 is 80.3. The molecular formula is C16H17F6IN4OS. The highest BCUT2D eigenvalue weighted by molar-refractivity contribution is 14.0. The van der Waals surface area contributed by atoms with Crippen LogP contribution in [0.15, 0.2) is 34.6 Å². The third-order valence-corrected chi connectivity index (χ3v) is 4.17. The maximum atomic E-state index is 12.5. The normalized spacial score (nSPS) is 12.3. The first-order valence-electron chi connectivity index (χ1n) is 7.86. The fourth-order valence-corrected chi connectivity index (χ4v) is 2.72. The van der Waals surface area contributed by atoms with Gasteiger partial charge in [0.2, 0.25) is 0 Å². The molecule has 2 aromatic rings. The van der Waals surface area contributed by atoms with Crippen LogP contribution in [0.4, 0.5) is 26.3 Å². The van der Waals surface area contributed by atoms with Crippen molar-refractivity contribution in [2.24, 2.45) is 4.99 Å². The van der Waals surface area contributed by atoms with Crippen molar-refractivity contribution in [1.82, 2.24) is 15.6 Å². The van der Waals surface area contributed by atoms with Gasteiger partial charge in [-0.15, -0.1) is 35.3 Å². The third-order valence-electron chi connectivity index (χ3n) is 3.32. The lowest BCUT2D eigenvalue weighted by Gasteiger charge is -2.12. The van der Waals surface area contributed by atoms with E-state index >= 15 is 0 Å². The van der Waals surface area contributed by atoms with Gasteiger partial charge in [-0.25, -0.2) is 4.98 Å². The molecule has 0 aliphatic carbocycles. The molecule has 1 aromatic heterocycles. The van der Waals surface area contributed by atoms with Crippen molar-refractivity contribution >= 4 is 41.3 Å². The summed E-state index contributed by atoms with van der Waals surface area (Å²) in [6.07, 6.45) is -8.89. The predicted octanol–water partition coefficient (Wildman–Crippen LogP) is 4.54. The predicted molar refractivity (Wildman–Crippen MR) is 108 cm³/mol. The Kier molecular flexibility index (Phi) is 9.45. The smallest absolute Gasteiger partial charge is 0.434 e. The molecule has 0 atom stereocenters. The van der Waals surface area contributed by atoms with Crippen LogP contribution in [0.5, 0.6) is 5.75 Å². The van der Waals surface area contributed by atoms with Crippen LogP contribution in [0.25, 0.3) is 0 Å². The number of rotatable bonds is 6. The molecule has 0 unspecified atom stereocenters. The molecule has 2 N–H and O–H groups in total. The van der Waals surface area contributed by atoms with Crippen LogP contribution in [-0.4, -0.2) is 31.1 Å². The van der Waals surface area contributed by atoms with Crippen LogP contribution >= 0.6 is 35.3 Å². The van der Waals surface area contributed by atoms with Crippen molar-refractivity contribution in [1.29, 1.82) is 0 Å². The molecule has 29 heavy (non-hydrogen) atoms. The Morgan fingerprint density at radius 1 is 1.07 bits per heavy atom. The minimum atomic E-state index is -4.48. The molecule has 1 aromatic carbocycles. The highest BCUT2D eigenvalue weighted by Gasteiger charge is 2.33. The minimum Gasteiger partial charge on any atom is -0.492 e. The number of thiazole rings is 1. The molecule has 1 heterocycles. The van der Waals surface area contributed by atoms with Gasteiger partial charge in [-0.2, -0.15) is 26.3 Å². The van der Waals surface area contributed by atoms with Gasteiger partial charge in [0.25, 0.3) is 0 Å². The zero-order valence-corrected chi connectivity index (χ0v) is 18.0. The number of guanidine groups is 1. The van der Waals surface area contributed by atoms with E-state index in [1.54, 1.807) is 0 Å². The van der Waals surface area contributed by atoms with Gasteiger partial charge in [0.1, 0.15) is 17.4 Å². The molecule has 162 valence electrons. The summed E-state index contributed by atoms with van der Waals surface area (Å²) in [7, 11) is 1.48. The Balaban J connectivity index is 0.00000420. The number of alkyl halides is 6. The molecule has 0 aliphatic rings. The van der Waals surface area contributed by atoms with E-state index in [0.29, 0.717) is 5.96 Å². The van der Waals surface area contributed by atoms with Crippen LogP contribution in [0, 0.1) is 0 Å². The van der Waals surface area contributed by atoms with Gasteiger partial charge in [-0.05, 0) is 24.3 Å². The summed E-state index contributed by atoms with van der Waals surface area (Å²) in [5.74, 6) is 0.597. The van der Waals surface area contributed by atoms with E-state index in [1.807, 2.05) is 0 Å². The number of aliphatic imine (C=N–C) groups is 1. The number of nitrogens with one attached hydrogen (secondary N) is 2. The monoisotopic (exact) mass is 554 g/mol. The van der Waals surface area contributed by atoms with Crippen molar-refractivity contribution in [2.75, 3.05) is 20.2 Å². The summed E-state index contributed by atoms with van der Waals surface area (Å²) in [5.41, 5.74) is -1.71. The number of benzene rings is 1. The van der Waals surface area contributed by atoms with E-state index in [2.05, 4.69) is 20.6 Å². The Hall–Kier alpha value is -1.77. The zero-order valence-electron chi connectivity index (χ0n) is 14.9. The first-order valence-corrected chi connectivity index (χ1v) is 8.73. The number of hydrogen-bond acceptors (Lipinski definition) is 4. The van der Waals surface area contributed by atoms with Gasteiger partial charge >= 0.3 is 12.4 Å². The molecule has 13 heteroatoms. The van der Waals surface area contributed by atoms with Gasteiger partial charge in [0.05, 0.1) is 18.7 Å². The number of nitrogens with zero attached hydrogens (tertiary/aromatic N) is 2. The summed E-state index contributed by atoms with van der Waals surface area (Å²) in [6, 6.07) is 4.28. The lowest BCUT2D eigenvalue weighted by Crippen LogP contribution is -2.38. The molecule has 0 saturated heterocycles. The number of halogens is 7. The van der Waals surface area contributed by atoms with Crippen molar-refractivity contribution in [2.45, 2.75) is 18.9 Å². The molecule has 5 nitrogen and oxygen atoms in total. The molecule has 0 amide bonds. The fraction of sp³-hybridized carbons (Fsp3) is 0.375. The summed E-state index contributed by atoms with van der Waals surface area (Å²) in [6.45, 7) is 0.466. The highest BCUT2D eigenvalue weighted by Crippen LogP contribution is 2.30. The summed E-state index contributed by atoms with van der Waals surface area (Å²) in [5, 5.41) is 6.87. The average molecular weight is 554 g/mol. The standard InChI is InChI=1S/C16H16F6N4OS.HI/c1-23-14(25-8-13-26-12(9-28-13)16(20,21)22)24-6-7-27-11-4-2-10(3-5-11)15(17,18)19;/h2-5,9H,6-8H2,1H3,(H2,23,24,25);1H. The van der Waals surface area contributed by atoms with Gasteiger partial charge in [-0.3, -0.25) is 4.99 Å². The van der Waals surface area contributed by atoms with Crippen molar-refractivity contribution in [3.8, 4) is 5.75 Å². The zero-order chi connectivity index (χ0) is 20.8. The SMILES string of the molecule is CN=C(NCCOc1ccc(C(F)(F)F)cc1)NCc1nc(C(F)(F)F)cs1.I. The van der Waals surface area contributed by atoms with E-state index in [0.717, 1.165) is 28.8 Å². The molecule has 0 radical (unpaired) electrons. The van der Waals surface area contributed by atoms with Gasteiger partial charge in [-0.1, -0.05) is 0 Å². The molecule has 0 saturated carbocycles.